The van der Waals surface area contributed by atoms with Crippen LogP contribution < -0.4 is 14.8 Å². The van der Waals surface area contributed by atoms with Crippen LogP contribution >= 0.6 is 0 Å². The first-order valence-corrected chi connectivity index (χ1v) is 8.76. The molecule has 1 aliphatic rings. The molecule has 0 radical (unpaired) electrons. The van der Waals surface area contributed by atoms with E-state index in [-0.39, 0.29) is 22.8 Å². The predicted octanol–water partition coefficient (Wildman–Crippen LogP) is 1.61. The Morgan fingerprint density at radius 3 is 2.60 bits per heavy atom. The predicted molar refractivity (Wildman–Crippen MR) is 101 cm³/mol. The molecule has 1 aromatic carbocycles. The van der Waals surface area contributed by atoms with Gasteiger partial charge in [0.25, 0.3) is 0 Å². The summed E-state index contributed by atoms with van der Waals surface area (Å²) in [6, 6.07) is 7.14. The lowest BCUT2D eigenvalue weighted by atomic mass is 9.92. The maximum Gasteiger partial charge on any atom is 0.355 e. The van der Waals surface area contributed by atoms with E-state index in [1.807, 2.05) is 0 Å². The van der Waals surface area contributed by atoms with Gasteiger partial charge in [0.05, 0.1) is 33.2 Å². The Bertz CT molecular complexity index is 1130. The average molecular weight is 411 g/mol. The summed E-state index contributed by atoms with van der Waals surface area (Å²) in [6.45, 7) is 0. The molecular weight excluding hydrogens is 394 g/mol. The van der Waals surface area contributed by atoms with E-state index in [4.69, 9.17) is 18.6 Å². The lowest BCUT2D eigenvalue weighted by molar-refractivity contribution is -0.136. The Labute approximate surface area is 170 Å². The zero-order valence-electron chi connectivity index (χ0n) is 16.3. The number of hydrogen-bond acceptors (Lipinski definition) is 10. The number of Topliss-reactive ketones (excluding diaryl/α,β-unsaturated/α-hetero) is 1. The van der Waals surface area contributed by atoms with Crippen molar-refractivity contribution in [2.24, 2.45) is 0 Å². The molecule has 1 N–H and O–H groups in total. The third-order valence-corrected chi connectivity index (χ3v) is 4.61. The molecule has 3 heterocycles. The van der Waals surface area contributed by atoms with Gasteiger partial charge in [-0.25, -0.2) is 4.79 Å². The zero-order chi connectivity index (χ0) is 21.3. The number of aromatic nitrogens is 4. The van der Waals surface area contributed by atoms with Crippen molar-refractivity contribution in [1.29, 1.82) is 0 Å². The van der Waals surface area contributed by atoms with Crippen LogP contribution in [0.15, 0.2) is 52.3 Å². The number of allylic oxidation sites excluding steroid dienone is 1. The van der Waals surface area contributed by atoms with Crippen molar-refractivity contribution in [3.63, 3.8) is 0 Å². The fraction of sp³-hybridized carbons (Fsp3) is 0.211. The van der Waals surface area contributed by atoms with Crippen LogP contribution in [0.1, 0.15) is 22.2 Å². The Morgan fingerprint density at radius 1 is 1.13 bits per heavy atom. The smallest absolute Gasteiger partial charge is 0.355 e. The van der Waals surface area contributed by atoms with E-state index in [0.717, 1.165) is 0 Å². The van der Waals surface area contributed by atoms with Crippen LogP contribution in [0.5, 0.6) is 11.5 Å². The Morgan fingerprint density at radius 2 is 1.93 bits per heavy atom. The van der Waals surface area contributed by atoms with E-state index >= 15 is 0 Å². The van der Waals surface area contributed by atoms with Gasteiger partial charge in [0, 0.05) is 5.56 Å². The molecule has 11 nitrogen and oxygen atoms in total. The van der Waals surface area contributed by atoms with Crippen molar-refractivity contribution < 1.29 is 28.2 Å². The van der Waals surface area contributed by atoms with Crippen molar-refractivity contribution in [1.82, 2.24) is 20.2 Å². The maximum atomic E-state index is 13.6. The number of rotatable bonds is 6. The topological polar surface area (TPSA) is 131 Å². The van der Waals surface area contributed by atoms with Crippen LogP contribution in [0, 0.1) is 0 Å². The largest absolute Gasteiger partial charge is 0.493 e. The molecule has 0 aliphatic carbocycles. The van der Waals surface area contributed by atoms with Gasteiger partial charge in [0.15, 0.2) is 17.3 Å². The van der Waals surface area contributed by atoms with Crippen LogP contribution in [0.25, 0.3) is 0 Å². The summed E-state index contributed by atoms with van der Waals surface area (Å²) in [7, 11) is 4.18. The molecule has 1 aliphatic heterocycles. The van der Waals surface area contributed by atoms with Crippen LogP contribution in [0.2, 0.25) is 0 Å². The normalized spacial score (nSPS) is 15.2. The van der Waals surface area contributed by atoms with Gasteiger partial charge in [-0.3, -0.25) is 4.79 Å². The average Bonchev–Trinajstić information content (AvgIpc) is 3.48. The van der Waals surface area contributed by atoms with Gasteiger partial charge in [-0.05, 0) is 40.8 Å². The quantitative estimate of drug-likeness (QED) is 0.471. The van der Waals surface area contributed by atoms with Gasteiger partial charge in [-0.1, -0.05) is 5.10 Å². The van der Waals surface area contributed by atoms with Gasteiger partial charge in [0.2, 0.25) is 5.95 Å². The number of carbonyl (C=O) groups excluding carboxylic acids is 2. The Kier molecular flexibility index (Phi) is 4.92. The first-order valence-electron chi connectivity index (χ1n) is 8.76. The zero-order valence-corrected chi connectivity index (χ0v) is 16.3. The summed E-state index contributed by atoms with van der Waals surface area (Å²) in [6.07, 6.45) is 1.46. The van der Waals surface area contributed by atoms with Crippen LogP contribution in [-0.4, -0.2) is 53.3 Å². The Hall–Kier alpha value is -4.15. The van der Waals surface area contributed by atoms with E-state index < -0.39 is 17.8 Å². The number of nitrogens with zero attached hydrogens (tertiary/aromatic N) is 4. The van der Waals surface area contributed by atoms with Crippen molar-refractivity contribution in [2.45, 2.75) is 6.04 Å². The number of nitrogens with one attached hydrogen (secondary N) is 1. The molecule has 0 bridgehead atoms. The number of carbonyl (C=O) groups is 2. The molecule has 30 heavy (non-hydrogen) atoms. The molecule has 4 rings (SSSR count). The molecule has 3 aromatic rings. The second-order valence-corrected chi connectivity index (χ2v) is 6.17. The SMILES string of the molecule is COC(=O)C1=C(C(=O)c2ccc(OC)c(OC)c2)[C@@H](c2ccco2)n2nnnc2N1. The van der Waals surface area contributed by atoms with E-state index in [1.165, 1.54) is 38.3 Å². The number of methoxy groups -OCH3 is 3. The minimum atomic E-state index is -0.888. The number of fused-ring (bicyclic) bond motifs is 1. The van der Waals surface area contributed by atoms with Crippen molar-refractivity contribution in [2.75, 3.05) is 26.6 Å². The molecule has 0 saturated heterocycles. The van der Waals surface area contributed by atoms with E-state index in [1.54, 1.807) is 24.3 Å². The first-order chi connectivity index (χ1) is 14.6. The number of ether oxygens (including phenoxy) is 3. The highest BCUT2D eigenvalue weighted by atomic mass is 16.5. The third-order valence-electron chi connectivity index (χ3n) is 4.61. The van der Waals surface area contributed by atoms with Crippen LogP contribution in [-0.2, 0) is 9.53 Å². The second kappa shape index (κ2) is 7.70. The molecule has 154 valence electrons. The standard InChI is InChI=1S/C19H17N5O6/c1-27-11-7-6-10(9-13(11)28-2)17(25)14-15(18(26)29-3)20-19-21-22-23-24(19)16(14)12-5-4-8-30-12/h4-9,16H,1-3H3,(H,20,21,23)/t16-/m1/s1. The summed E-state index contributed by atoms with van der Waals surface area (Å²) in [5, 5.41) is 14.2. The van der Waals surface area contributed by atoms with Crippen molar-refractivity contribution >= 4 is 17.7 Å². The Balaban J connectivity index is 1.91. The van der Waals surface area contributed by atoms with E-state index in [0.29, 0.717) is 17.3 Å². The highest BCUT2D eigenvalue weighted by Gasteiger charge is 2.40. The van der Waals surface area contributed by atoms with E-state index in [2.05, 4.69) is 20.8 Å². The van der Waals surface area contributed by atoms with Gasteiger partial charge in [0.1, 0.15) is 17.5 Å². The molecule has 1 atom stereocenters. The van der Waals surface area contributed by atoms with E-state index in [9.17, 15) is 9.59 Å². The molecule has 0 unspecified atom stereocenters. The van der Waals surface area contributed by atoms with Crippen molar-refractivity contribution in [3.05, 3.63) is 59.2 Å². The fourth-order valence-electron chi connectivity index (χ4n) is 3.23. The van der Waals surface area contributed by atoms with Crippen LogP contribution in [0.4, 0.5) is 5.95 Å². The fourth-order valence-corrected chi connectivity index (χ4v) is 3.23. The van der Waals surface area contributed by atoms with Crippen LogP contribution in [0.3, 0.4) is 0 Å². The number of hydrogen-bond donors (Lipinski definition) is 1. The number of furan rings is 1. The van der Waals surface area contributed by atoms with Crippen molar-refractivity contribution in [3.8, 4) is 11.5 Å². The minimum absolute atomic E-state index is 0.0591. The molecule has 0 saturated carbocycles. The van der Waals surface area contributed by atoms with Gasteiger partial charge in [-0.15, -0.1) is 0 Å². The maximum absolute atomic E-state index is 13.6. The molecule has 0 spiro atoms. The first kappa shape index (κ1) is 19.2. The molecule has 11 heteroatoms. The van der Waals surface area contributed by atoms with Gasteiger partial charge < -0.3 is 23.9 Å². The summed E-state index contributed by atoms with van der Waals surface area (Å²) < 4.78 is 22.3. The number of ketones is 1. The summed E-state index contributed by atoms with van der Waals surface area (Å²) in [4.78, 5) is 26.1. The molecule has 0 amide bonds. The number of esters is 1. The summed E-state index contributed by atoms with van der Waals surface area (Å²) >= 11 is 0. The molecule has 2 aromatic heterocycles. The number of anilines is 1. The number of benzene rings is 1. The summed E-state index contributed by atoms with van der Waals surface area (Å²) in [5.74, 6) is 0.153. The highest BCUT2D eigenvalue weighted by Crippen LogP contribution is 2.38. The summed E-state index contributed by atoms with van der Waals surface area (Å²) in [5.41, 5.74) is 0.240. The van der Waals surface area contributed by atoms with Gasteiger partial charge in [-0.2, -0.15) is 4.68 Å². The van der Waals surface area contributed by atoms with Gasteiger partial charge >= 0.3 is 5.97 Å². The monoisotopic (exact) mass is 411 g/mol. The molecular formula is C19H17N5O6. The number of tetrazole rings is 1. The second-order valence-electron chi connectivity index (χ2n) is 6.17. The third kappa shape index (κ3) is 3.05. The minimum Gasteiger partial charge on any atom is -0.493 e. The molecule has 0 fully saturated rings. The lowest BCUT2D eigenvalue weighted by Gasteiger charge is -2.26. The highest BCUT2D eigenvalue weighted by molar-refractivity contribution is 6.15. The lowest BCUT2D eigenvalue weighted by Crippen LogP contribution is -2.32.